The highest BCUT2D eigenvalue weighted by molar-refractivity contribution is 5.88. The van der Waals surface area contributed by atoms with E-state index in [4.69, 9.17) is 4.74 Å². The molecule has 0 spiro atoms. The lowest BCUT2D eigenvalue weighted by Crippen LogP contribution is -2.29. The van der Waals surface area contributed by atoms with Crippen molar-refractivity contribution in [2.75, 3.05) is 13.2 Å². The van der Waals surface area contributed by atoms with Crippen molar-refractivity contribution >= 4 is 11.9 Å². The van der Waals surface area contributed by atoms with Gasteiger partial charge in [0.25, 0.3) is 0 Å². The van der Waals surface area contributed by atoms with E-state index in [0.717, 1.165) is 6.42 Å². The maximum atomic E-state index is 11.5. The molecule has 0 atom stereocenters. The zero-order chi connectivity index (χ0) is 13.5. The Morgan fingerprint density at radius 1 is 1.39 bits per heavy atom. The van der Waals surface area contributed by atoms with Crippen LogP contribution in [-0.4, -0.2) is 40.0 Å². The standard InChI is InChI=1S/C11H18N4O3/c1-4-6-12-9(16)7-15-8(3)10(13-14-15)11(17)18-5-2/h4-7H2,1-3H3,(H,12,16). The molecule has 0 saturated heterocycles. The molecule has 1 aromatic heterocycles. The zero-order valence-corrected chi connectivity index (χ0v) is 10.9. The molecule has 1 aromatic rings. The SMILES string of the molecule is CCCNC(=O)Cn1nnc(C(=O)OCC)c1C. The van der Waals surface area contributed by atoms with E-state index in [0.29, 0.717) is 12.2 Å². The second-order valence-corrected chi connectivity index (χ2v) is 3.75. The van der Waals surface area contributed by atoms with Crippen molar-refractivity contribution < 1.29 is 14.3 Å². The number of amides is 1. The predicted molar refractivity (Wildman–Crippen MR) is 64.0 cm³/mol. The van der Waals surface area contributed by atoms with Crippen molar-refractivity contribution in [3.63, 3.8) is 0 Å². The van der Waals surface area contributed by atoms with Gasteiger partial charge < -0.3 is 10.1 Å². The summed E-state index contributed by atoms with van der Waals surface area (Å²) in [6.45, 7) is 6.33. The van der Waals surface area contributed by atoms with E-state index in [1.54, 1.807) is 13.8 Å². The number of carbonyl (C=O) groups is 2. The molecule has 0 bridgehead atoms. The lowest BCUT2D eigenvalue weighted by molar-refractivity contribution is -0.121. The summed E-state index contributed by atoms with van der Waals surface area (Å²) in [7, 11) is 0. The summed E-state index contributed by atoms with van der Waals surface area (Å²) in [6.07, 6.45) is 0.871. The van der Waals surface area contributed by atoms with Crippen molar-refractivity contribution in [3.8, 4) is 0 Å². The number of aromatic nitrogens is 3. The van der Waals surface area contributed by atoms with Gasteiger partial charge in [0.1, 0.15) is 6.54 Å². The Morgan fingerprint density at radius 3 is 2.72 bits per heavy atom. The van der Waals surface area contributed by atoms with Crippen LogP contribution >= 0.6 is 0 Å². The predicted octanol–water partition coefficient (Wildman–Crippen LogP) is 0.289. The van der Waals surface area contributed by atoms with E-state index in [2.05, 4.69) is 15.6 Å². The third-order valence-corrected chi connectivity index (χ3v) is 2.32. The summed E-state index contributed by atoms with van der Waals surface area (Å²) in [5.41, 5.74) is 0.681. The highest BCUT2D eigenvalue weighted by atomic mass is 16.5. The lowest BCUT2D eigenvalue weighted by atomic mass is 10.3. The maximum Gasteiger partial charge on any atom is 0.360 e. The molecule has 7 heteroatoms. The van der Waals surface area contributed by atoms with Gasteiger partial charge in [-0.2, -0.15) is 0 Å². The van der Waals surface area contributed by atoms with E-state index < -0.39 is 5.97 Å². The molecule has 1 rings (SSSR count). The summed E-state index contributed by atoms with van der Waals surface area (Å²) in [5, 5.41) is 10.2. The molecule has 0 aromatic carbocycles. The van der Waals surface area contributed by atoms with Crippen LogP contribution < -0.4 is 5.32 Å². The lowest BCUT2D eigenvalue weighted by Gasteiger charge is -2.04. The Kier molecular flexibility index (Phi) is 5.29. The number of hydrogen-bond acceptors (Lipinski definition) is 5. The van der Waals surface area contributed by atoms with Gasteiger partial charge in [0, 0.05) is 6.54 Å². The van der Waals surface area contributed by atoms with Crippen molar-refractivity contribution in [1.82, 2.24) is 20.3 Å². The van der Waals surface area contributed by atoms with Gasteiger partial charge in [0.2, 0.25) is 5.91 Å². The van der Waals surface area contributed by atoms with E-state index in [-0.39, 0.29) is 24.8 Å². The molecule has 0 unspecified atom stereocenters. The molecule has 0 saturated carbocycles. The summed E-state index contributed by atoms with van der Waals surface area (Å²) in [5.74, 6) is -0.671. The van der Waals surface area contributed by atoms with Gasteiger partial charge in [-0.05, 0) is 20.3 Å². The van der Waals surface area contributed by atoms with Gasteiger partial charge in [0.05, 0.1) is 12.3 Å². The minimum Gasteiger partial charge on any atom is -0.461 e. The molecular formula is C11H18N4O3. The number of ether oxygens (including phenoxy) is 1. The highest BCUT2D eigenvalue weighted by Crippen LogP contribution is 2.05. The molecule has 0 aliphatic carbocycles. The van der Waals surface area contributed by atoms with E-state index in [1.807, 2.05) is 6.92 Å². The Bertz CT molecular complexity index is 428. The molecule has 0 radical (unpaired) electrons. The van der Waals surface area contributed by atoms with Gasteiger partial charge in [-0.15, -0.1) is 5.10 Å². The number of hydrogen-bond donors (Lipinski definition) is 1. The topological polar surface area (TPSA) is 86.1 Å². The first-order valence-electron chi connectivity index (χ1n) is 5.94. The van der Waals surface area contributed by atoms with Crippen LogP contribution in [-0.2, 0) is 16.1 Å². The first kappa shape index (κ1) is 14.1. The minimum atomic E-state index is -0.518. The van der Waals surface area contributed by atoms with Crippen LogP contribution in [0.1, 0.15) is 36.5 Å². The van der Waals surface area contributed by atoms with Crippen molar-refractivity contribution in [2.24, 2.45) is 0 Å². The molecule has 100 valence electrons. The fourth-order valence-electron chi connectivity index (χ4n) is 1.35. The van der Waals surface area contributed by atoms with Gasteiger partial charge in [-0.3, -0.25) is 4.79 Å². The molecule has 7 nitrogen and oxygen atoms in total. The molecule has 0 fully saturated rings. The largest absolute Gasteiger partial charge is 0.461 e. The van der Waals surface area contributed by atoms with Crippen LogP contribution in [0.4, 0.5) is 0 Å². The fraction of sp³-hybridized carbons (Fsp3) is 0.636. The van der Waals surface area contributed by atoms with Crippen LogP contribution in [0.25, 0.3) is 0 Å². The number of rotatable bonds is 6. The fourth-order valence-corrected chi connectivity index (χ4v) is 1.35. The summed E-state index contributed by atoms with van der Waals surface area (Å²) >= 11 is 0. The van der Waals surface area contributed by atoms with Crippen molar-refractivity contribution in [1.29, 1.82) is 0 Å². The molecule has 0 aliphatic heterocycles. The summed E-state index contributed by atoms with van der Waals surface area (Å²) in [6, 6.07) is 0. The second-order valence-electron chi connectivity index (χ2n) is 3.75. The first-order chi connectivity index (χ1) is 8.60. The monoisotopic (exact) mass is 254 g/mol. The normalized spacial score (nSPS) is 10.2. The number of nitrogens with one attached hydrogen (secondary N) is 1. The second kappa shape index (κ2) is 6.73. The highest BCUT2D eigenvalue weighted by Gasteiger charge is 2.18. The maximum absolute atomic E-state index is 11.5. The average molecular weight is 254 g/mol. The molecule has 1 N–H and O–H groups in total. The van der Waals surface area contributed by atoms with Crippen molar-refractivity contribution in [3.05, 3.63) is 11.4 Å². The van der Waals surface area contributed by atoms with Gasteiger partial charge in [-0.1, -0.05) is 12.1 Å². The van der Waals surface area contributed by atoms with E-state index >= 15 is 0 Å². The third-order valence-electron chi connectivity index (χ3n) is 2.32. The molecule has 0 aliphatic rings. The molecule has 1 amide bonds. The molecule has 18 heavy (non-hydrogen) atoms. The Morgan fingerprint density at radius 2 is 2.11 bits per heavy atom. The van der Waals surface area contributed by atoms with Crippen LogP contribution in [0, 0.1) is 6.92 Å². The zero-order valence-electron chi connectivity index (χ0n) is 10.9. The van der Waals surface area contributed by atoms with Crippen LogP contribution in [0.5, 0.6) is 0 Å². The Labute approximate surface area is 105 Å². The van der Waals surface area contributed by atoms with Crippen LogP contribution in [0.15, 0.2) is 0 Å². The van der Waals surface area contributed by atoms with Crippen LogP contribution in [0.2, 0.25) is 0 Å². The van der Waals surface area contributed by atoms with Gasteiger partial charge >= 0.3 is 5.97 Å². The number of esters is 1. The Balaban J connectivity index is 2.68. The van der Waals surface area contributed by atoms with E-state index in [1.165, 1.54) is 4.68 Å². The first-order valence-corrected chi connectivity index (χ1v) is 5.94. The van der Waals surface area contributed by atoms with Crippen LogP contribution in [0.3, 0.4) is 0 Å². The van der Waals surface area contributed by atoms with Gasteiger partial charge in [0.15, 0.2) is 5.69 Å². The smallest absolute Gasteiger partial charge is 0.360 e. The average Bonchev–Trinajstić information content (AvgIpc) is 2.69. The molecular weight excluding hydrogens is 236 g/mol. The summed E-state index contributed by atoms with van der Waals surface area (Å²) < 4.78 is 6.22. The Hall–Kier alpha value is -1.92. The van der Waals surface area contributed by atoms with E-state index in [9.17, 15) is 9.59 Å². The minimum absolute atomic E-state index is 0.0538. The quantitative estimate of drug-likeness (QED) is 0.737. The summed E-state index contributed by atoms with van der Waals surface area (Å²) in [4.78, 5) is 23.0. The molecule has 1 heterocycles. The third kappa shape index (κ3) is 3.54. The van der Waals surface area contributed by atoms with Crippen molar-refractivity contribution in [2.45, 2.75) is 33.7 Å². The number of nitrogens with zero attached hydrogens (tertiary/aromatic N) is 3. The van der Waals surface area contributed by atoms with Gasteiger partial charge in [-0.25, -0.2) is 9.48 Å². The number of carbonyl (C=O) groups excluding carboxylic acids is 2.